The van der Waals surface area contributed by atoms with E-state index in [1.165, 1.54) is 25.2 Å². The standard InChI is InChI=1S/C9H6FNO3.C8H4FNO3/c1-11-7-3-2-5(10)4-6(7)8(12)14-9(11)13;9-4-1-2-6-5(3-4)7(11)13-8(12)10-6/h2-4H,1H3;1-3H,(H,10,12). The number of nitrogens with one attached hydrogen (secondary N) is 1. The van der Waals surface area contributed by atoms with E-state index in [9.17, 15) is 28.0 Å². The maximum atomic E-state index is 12.8. The first kappa shape index (κ1) is 18.0. The lowest BCUT2D eigenvalue weighted by Gasteiger charge is -2.00. The van der Waals surface area contributed by atoms with Crippen LogP contribution in [0.1, 0.15) is 0 Å². The van der Waals surface area contributed by atoms with Crippen molar-refractivity contribution in [3.63, 3.8) is 0 Å². The molecule has 0 aliphatic carbocycles. The van der Waals surface area contributed by atoms with E-state index < -0.39 is 34.4 Å². The largest absolute Gasteiger partial charge is 0.422 e. The van der Waals surface area contributed by atoms with E-state index in [-0.39, 0.29) is 16.3 Å². The third-order valence-electron chi connectivity index (χ3n) is 3.62. The zero-order valence-electron chi connectivity index (χ0n) is 13.6. The van der Waals surface area contributed by atoms with Gasteiger partial charge < -0.3 is 8.83 Å². The molecule has 2 aromatic carbocycles. The molecule has 0 unspecified atom stereocenters. The van der Waals surface area contributed by atoms with Gasteiger partial charge in [-0.05, 0) is 36.4 Å². The number of aromatic nitrogens is 2. The first-order chi connectivity index (χ1) is 12.8. The minimum absolute atomic E-state index is 0.0274. The van der Waals surface area contributed by atoms with Crippen LogP contribution in [0, 0.1) is 11.6 Å². The highest BCUT2D eigenvalue weighted by Crippen LogP contribution is 2.09. The van der Waals surface area contributed by atoms with Crippen LogP contribution in [0.25, 0.3) is 21.8 Å². The first-order valence-corrected chi connectivity index (χ1v) is 7.38. The van der Waals surface area contributed by atoms with Crippen molar-refractivity contribution >= 4 is 21.8 Å². The second-order valence-corrected chi connectivity index (χ2v) is 5.37. The van der Waals surface area contributed by atoms with Gasteiger partial charge in [-0.25, -0.2) is 28.0 Å². The normalized spacial score (nSPS) is 10.6. The number of nitrogens with zero attached hydrogens (tertiary/aromatic N) is 1. The van der Waals surface area contributed by atoms with Gasteiger partial charge in [0.2, 0.25) is 0 Å². The van der Waals surface area contributed by atoms with Gasteiger partial charge in [-0.1, -0.05) is 0 Å². The van der Waals surface area contributed by atoms with Gasteiger partial charge >= 0.3 is 22.8 Å². The molecule has 0 bridgehead atoms. The highest BCUT2D eigenvalue weighted by molar-refractivity contribution is 5.77. The minimum atomic E-state index is -0.843. The number of rotatable bonds is 0. The Labute approximate surface area is 146 Å². The monoisotopic (exact) mass is 376 g/mol. The first-order valence-electron chi connectivity index (χ1n) is 7.38. The summed E-state index contributed by atoms with van der Waals surface area (Å²) in [7, 11) is 1.45. The lowest BCUT2D eigenvalue weighted by molar-refractivity contribution is 0.432. The fourth-order valence-corrected chi connectivity index (χ4v) is 2.33. The molecule has 4 rings (SSSR count). The van der Waals surface area contributed by atoms with E-state index in [1.54, 1.807) is 0 Å². The second-order valence-electron chi connectivity index (χ2n) is 5.37. The molecule has 4 aromatic rings. The van der Waals surface area contributed by atoms with Crippen molar-refractivity contribution in [3.8, 4) is 0 Å². The van der Waals surface area contributed by atoms with Crippen molar-refractivity contribution in [2.75, 3.05) is 0 Å². The van der Waals surface area contributed by atoms with Crippen LogP contribution in [-0.2, 0) is 7.05 Å². The third-order valence-corrected chi connectivity index (χ3v) is 3.62. The summed E-state index contributed by atoms with van der Waals surface area (Å²) in [4.78, 5) is 46.1. The maximum Gasteiger partial charge on any atom is 0.422 e. The van der Waals surface area contributed by atoms with Crippen LogP contribution in [0.3, 0.4) is 0 Å². The van der Waals surface area contributed by atoms with Crippen LogP contribution in [0.15, 0.2) is 64.4 Å². The topological polar surface area (TPSA) is 115 Å². The highest BCUT2D eigenvalue weighted by atomic mass is 19.1. The van der Waals surface area contributed by atoms with Gasteiger partial charge in [-0.2, -0.15) is 0 Å². The van der Waals surface area contributed by atoms with Gasteiger partial charge in [0.05, 0.1) is 21.8 Å². The molecule has 138 valence electrons. The van der Waals surface area contributed by atoms with Crippen LogP contribution >= 0.6 is 0 Å². The average Bonchev–Trinajstić information content (AvgIpc) is 2.61. The Balaban J connectivity index is 0.000000156. The molecular formula is C17H10F2N2O6. The van der Waals surface area contributed by atoms with E-state index in [2.05, 4.69) is 13.8 Å². The molecule has 0 spiro atoms. The van der Waals surface area contributed by atoms with Gasteiger partial charge in [0.1, 0.15) is 11.6 Å². The molecular weight excluding hydrogens is 366 g/mol. The molecule has 0 fully saturated rings. The average molecular weight is 376 g/mol. The van der Waals surface area contributed by atoms with Crippen molar-refractivity contribution in [1.82, 2.24) is 9.55 Å². The van der Waals surface area contributed by atoms with Crippen LogP contribution in [0.5, 0.6) is 0 Å². The van der Waals surface area contributed by atoms with Crippen molar-refractivity contribution < 1.29 is 17.6 Å². The molecule has 2 aromatic heterocycles. The summed E-state index contributed by atoms with van der Waals surface area (Å²) in [5.41, 5.74) is -1.03. The van der Waals surface area contributed by atoms with E-state index in [0.717, 1.165) is 22.8 Å². The van der Waals surface area contributed by atoms with Gasteiger partial charge in [0.25, 0.3) is 0 Å². The van der Waals surface area contributed by atoms with E-state index >= 15 is 0 Å². The third kappa shape index (κ3) is 3.59. The van der Waals surface area contributed by atoms with E-state index in [0.29, 0.717) is 5.52 Å². The number of benzene rings is 2. The molecule has 0 radical (unpaired) electrons. The SMILES string of the molecule is Cn1c(=O)oc(=O)c2cc(F)ccc21.O=c1[nH]c2ccc(F)cc2c(=O)o1. The lowest BCUT2D eigenvalue weighted by atomic mass is 10.2. The summed E-state index contributed by atoms with van der Waals surface area (Å²) in [6.07, 6.45) is 0. The van der Waals surface area contributed by atoms with E-state index in [4.69, 9.17) is 0 Å². The fourth-order valence-electron chi connectivity index (χ4n) is 2.33. The Morgan fingerprint density at radius 3 is 2.15 bits per heavy atom. The molecule has 0 atom stereocenters. The number of hydrogen-bond donors (Lipinski definition) is 1. The van der Waals surface area contributed by atoms with Crippen LogP contribution in [-0.4, -0.2) is 9.55 Å². The van der Waals surface area contributed by atoms with Crippen molar-refractivity contribution in [2.24, 2.45) is 7.05 Å². The molecule has 27 heavy (non-hydrogen) atoms. The Morgan fingerprint density at radius 2 is 1.44 bits per heavy atom. The molecule has 10 heteroatoms. The molecule has 0 saturated carbocycles. The second kappa shape index (κ2) is 6.83. The molecule has 8 nitrogen and oxygen atoms in total. The molecule has 1 N–H and O–H groups in total. The summed E-state index contributed by atoms with van der Waals surface area (Å²) in [6.45, 7) is 0. The zero-order valence-corrected chi connectivity index (χ0v) is 13.6. The zero-order chi connectivity index (χ0) is 19.7. The number of aromatic amines is 1. The molecule has 0 aliphatic heterocycles. The Morgan fingerprint density at radius 1 is 0.852 bits per heavy atom. The van der Waals surface area contributed by atoms with Crippen LogP contribution < -0.4 is 22.8 Å². The van der Waals surface area contributed by atoms with Crippen LogP contribution in [0.4, 0.5) is 8.78 Å². The summed E-state index contributed by atoms with van der Waals surface area (Å²) < 4.78 is 35.1. The van der Waals surface area contributed by atoms with Crippen LogP contribution in [0.2, 0.25) is 0 Å². The number of hydrogen-bond acceptors (Lipinski definition) is 6. The van der Waals surface area contributed by atoms with Crippen molar-refractivity contribution in [1.29, 1.82) is 0 Å². The fraction of sp³-hybridized carbons (Fsp3) is 0.0588. The molecule has 0 saturated heterocycles. The van der Waals surface area contributed by atoms with Crippen molar-refractivity contribution in [3.05, 3.63) is 90.0 Å². The van der Waals surface area contributed by atoms with Crippen molar-refractivity contribution in [2.45, 2.75) is 0 Å². The van der Waals surface area contributed by atoms with Gasteiger partial charge in [-0.15, -0.1) is 0 Å². The van der Waals surface area contributed by atoms with Gasteiger partial charge in [0.15, 0.2) is 0 Å². The Kier molecular flexibility index (Phi) is 4.55. The maximum absolute atomic E-state index is 12.8. The predicted octanol–water partition coefficient (Wildman–Crippen LogP) is 1.25. The number of halogens is 2. The summed E-state index contributed by atoms with van der Waals surface area (Å²) in [5.74, 6) is -2.69. The molecule has 0 aliphatic rings. The molecule has 0 amide bonds. The quantitative estimate of drug-likeness (QED) is 0.494. The summed E-state index contributed by atoms with van der Waals surface area (Å²) >= 11 is 0. The highest BCUT2D eigenvalue weighted by Gasteiger charge is 2.06. The van der Waals surface area contributed by atoms with Gasteiger partial charge in [0, 0.05) is 7.05 Å². The number of H-pyrrole nitrogens is 1. The summed E-state index contributed by atoms with van der Waals surface area (Å²) in [6, 6.07) is 7.06. The van der Waals surface area contributed by atoms with E-state index in [1.807, 2.05) is 0 Å². The Hall–Kier alpha value is -3.82. The lowest BCUT2D eigenvalue weighted by Crippen LogP contribution is -2.22. The number of fused-ring (bicyclic) bond motifs is 2. The van der Waals surface area contributed by atoms with Gasteiger partial charge in [-0.3, -0.25) is 9.55 Å². The number of aryl methyl sites for hydroxylation is 1. The smallest absolute Gasteiger partial charge is 0.372 e. The predicted molar refractivity (Wildman–Crippen MR) is 90.7 cm³/mol. The summed E-state index contributed by atoms with van der Waals surface area (Å²) in [5, 5.41) is 0.0895. The minimum Gasteiger partial charge on any atom is -0.372 e. The molecule has 2 heterocycles. The Bertz CT molecular complexity index is 1400.